The average Bonchev–Trinajstić information content (AvgIpc) is 2.36. The van der Waals surface area contributed by atoms with Gasteiger partial charge in [0.05, 0.1) is 6.61 Å². The minimum absolute atomic E-state index is 0.313. The van der Waals surface area contributed by atoms with E-state index in [2.05, 4.69) is 5.32 Å². The molecule has 0 radical (unpaired) electrons. The predicted octanol–water partition coefficient (Wildman–Crippen LogP) is 1.43. The van der Waals surface area contributed by atoms with E-state index in [-0.39, 0.29) is 0 Å². The van der Waals surface area contributed by atoms with Gasteiger partial charge in [0.25, 0.3) is 5.91 Å². The Morgan fingerprint density at radius 1 is 1.39 bits per heavy atom. The summed E-state index contributed by atoms with van der Waals surface area (Å²) in [7, 11) is 1.54. The fraction of sp³-hybridized carbons (Fsp3) is 0.385. The Morgan fingerprint density at radius 2 is 2.06 bits per heavy atom. The van der Waals surface area contributed by atoms with Crippen LogP contribution in [0.3, 0.4) is 0 Å². The van der Waals surface area contributed by atoms with Crippen molar-refractivity contribution in [2.75, 3.05) is 7.11 Å². The van der Waals surface area contributed by atoms with Gasteiger partial charge in [-0.05, 0) is 18.1 Å². The molecule has 1 amide bonds. The van der Waals surface area contributed by atoms with Gasteiger partial charge in [-0.2, -0.15) is 0 Å². The topological polar surface area (TPSA) is 75.6 Å². The average molecular weight is 251 g/mol. The Labute approximate surface area is 106 Å². The number of benzene rings is 1. The summed E-state index contributed by atoms with van der Waals surface area (Å²) < 4.78 is 5.00. The molecule has 0 aliphatic heterocycles. The molecule has 0 fully saturated rings. The van der Waals surface area contributed by atoms with Gasteiger partial charge in [0, 0.05) is 12.7 Å². The van der Waals surface area contributed by atoms with Crippen LogP contribution in [0, 0.1) is 0 Å². The molecule has 1 aromatic rings. The number of carboxylic acids is 1. The van der Waals surface area contributed by atoms with Crippen molar-refractivity contribution in [1.29, 1.82) is 0 Å². The van der Waals surface area contributed by atoms with Crippen molar-refractivity contribution in [3.05, 3.63) is 35.4 Å². The molecule has 1 unspecified atom stereocenters. The van der Waals surface area contributed by atoms with E-state index in [0.717, 1.165) is 5.56 Å². The lowest BCUT2D eigenvalue weighted by Crippen LogP contribution is -2.40. The summed E-state index contributed by atoms with van der Waals surface area (Å²) in [4.78, 5) is 22.9. The van der Waals surface area contributed by atoms with Gasteiger partial charge in [-0.1, -0.05) is 25.1 Å². The third kappa shape index (κ3) is 3.56. The highest BCUT2D eigenvalue weighted by Crippen LogP contribution is 2.10. The van der Waals surface area contributed by atoms with Crippen LogP contribution in [0.2, 0.25) is 0 Å². The maximum absolute atomic E-state index is 12.0. The standard InChI is InChI=1S/C13H17NO4/c1-3-11(13(16)17)14-12(15)10-7-5-4-6-9(10)8-18-2/h4-7,11H,3,8H2,1-2H3,(H,14,15)(H,16,17). The van der Waals surface area contributed by atoms with E-state index in [0.29, 0.717) is 18.6 Å². The van der Waals surface area contributed by atoms with Gasteiger partial charge in [0.2, 0.25) is 0 Å². The summed E-state index contributed by atoms with van der Waals surface area (Å²) in [5.74, 6) is -1.42. The first kappa shape index (κ1) is 14.2. The number of nitrogens with one attached hydrogen (secondary N) is 1. The Kier molecular flexibility index (Phi) is 5.32. The molecular weight excluding hydrogens is 234 g/mol. The molecule has 0 aromatic heterocycles. The number of carboxylic acid groups (broad SMARTS) is 1. The summed E-state index contributed by atoms with van der Waals surface area (Å²) >= 11 is 0. The Morgan fingerprint density at radius 3 is 2.61 bits per heavy atom. The van der Waals surface area contributed by atoms with Crippen molar-refractivity contribution in [3.8, 4) is 0 Å². The Bertz CT molecular complexity index is 431. The smallest absolute Gasteiger partial charge is 0.326 e. The van der Waals surface area contributed by atoms with Gasteiger partial charge in [-0.15, -0.1) is 0 Å². The van der Waals surface area contributed by atoms with Crippen LogP contribution in [-0.4, -0.2) is 30.1 Å². The molecule has 0 saturated heterocycles. The number of carbonyl (C=O) groups is 2. The molecule has 1 rings (SSSR count). The van der Waals surface area contributed by atoms with Crippen LogP contribution >= 0.6 is 0 Å². The van der Waals surface area contributed by atoms with Crippen molar-refractivity contribution in [2.24, 2.45) is 0 Å². The molecular formula is C13H17NO4. The number of hydrogen-bond acceptors (Lipinski definition) is 3. The van der Waals surface area contributed by atoms with Gasteiger partial charge in [-0.25, -0.2) is 4.79 Å². The van der Waals surface area contributed by atoms with Crippen LogP contribution in [0.1, 0.15) is 29.3 Å². The molecule has 1 aromatic carbocycles. The van der Waals surface area contributed by atoms with Gasteiger partial charge >= 0.3 is 5.97 Å². The molecule has 0 aliphatic rings. The van der Waals surface area contributed by atoms with E-state index in [1.54, 1.807) is 38.3 Å². The minimum Gasteiger partial charge on any atom is -0.480 e. The third-order valence-electron chi connectivity index (χ3n) is 2.57. The minimum atomic E-state index is -1.03. The van der Waals surface area contributed by atoms with Crippen molar-refractivity contribution in [1.82, 2.24) is 5.32 Å². The number of aliphatic carboxylic acids is 1. The number of hydrogen-bond donors (Lipinski definition) is 2. The number of rotatable bonds is 6. The SMILES string of the molecule is CCC(NC(=O)c1ccccc1COC)C(=O)O. The molecule has 0 heterocycles. The van der Waals surface area contributed by atoms with Crippen molar-refractivity contribution >= 4 is 11.9 Å². The maximum Gasteiger partial charge on any atom is 0.326 e. The summed E-state index contributed by atoms with van der Waals surface area (Å²) in [5, 5.41) is 11.4. The molecule has 1 atom stereocenters. The summed E-state index contributed by atoms with van der Waals surface area (Å²) in [5.41, 5.74) is 1.18. The number of ether oxygens (including phenoxy) is 1. The zero-order valence-electron chi connectivity index (χ0n) is 10.5. The van der Waals surface area contributed by atoms with Crippen LogP contribution in [-0.2, 0) is 16.1 Å². The van der Waals surface area contributed by atoms with E-state index >= 15 is 0 Å². The molecule has 5 nitrogen and oxygen atoms in total. The summed E-state index contributed by atoms with van der Waals surface area (Å²) in [6.07, 6.45) is 0.341. The van der Waals surface area contributed by atoms with Crippen molar-refractivity contribution in [3.63, 3.8) is 0 Å². The van der Waals surface area contributed by atoms with Crippen molar-refractivity contribution in [2.45, 2.75) is 26.0 Å². The van der Waals surface area contributed by atoms with Crippen LogP contribution < -0.4 is 5.32 Å². The molecule has 0 saturated carbocycles. The number of methoxy groups -OCH3 is 1. The second-order valence-electron chi connectivity index (χ2n) is 3.86. The quantitative estimate of drug-likeness (QED) is 0.802. The fourth-order valence-electron chi connectivity index (χ4n) is 1.60. The highest BCUT2D eigenvalue weighted by molar-refractivity contribution is 5.97. The Hall–Kier alpha value is -1.88. The van der Waals surface area contributed by atoms with Gasteiger partial charge < -0.3 is 15.2 Å². The van der Waals surface area contributed by atoms with Crippen LogP contribution in [0.25, 0.3) is 0 Å². The van der Waals surface area contributed by atoms with Gasteiger partial charge in [-0.3, -0.25) is 4.79 Å². The first-order valence-electron chi connectivity index (χ1n) is 5.70. The second kappa shape index (κ2) is 6.76. The fourth-order valence-corrected chi connectivity index (χ4v) is 1.60. The summed E-state index contributed by atoms with van der Waals surface area (Å²) in [6, 6.07) is 6.10. The Balaban J connectivity index is 2.86. The summed E-state index contributed by atoms with van der Waals surface area (Å²) in [6.45, 7) is 2.02. The van der Waals surface area contributed by atoms with Crippen LogP contribution in [0.5, 0.6) is 0 Å². The third-order valence-corrected chi connectivity index (χ3v) is 2.57. The predicted molar refractivity (Wildman–Crippen MR) is 66.3 cm³/mol. The molecule has 5 heteroatoms. The number of amides is 1. The molecule has 0 aliphatic carbocycles. The molecule has 0 bridgehead atoms. The molecule has 18 heavy (non-hydrogen) atoms. The zero-order chi connectivity index (χ0) is 13.5. The van der Waals surface area contributed by atoms with Crippen LogP contribution in [0.4, 0.5) is 0 Å². The molecule has 0 spiro atoms. The van der Waals surface area contributed by atoms with Gasteiger partial charge in [0.15, 0.2) is 0 Å². The van der Waals surface area contributed by atoms with E-state index in [9.17, 15) is 9.59 Å². The molecule has 98 valence electrons. The monoisotopic (exact) mass is 251 g/mol. The normalized spacial score (nSPS) is 11.9. The highest BCUT2D eigenvalue weighted by atomic mass is 16.5. The van der Waals surface area contributed by atoms with E-state index in [4.69, 9.17) is 9.84 Å². The number of carbonyl (C=O) groups excluding carboxylic acids is 1. The lowest BCUT2D eigenvalue weighted by molar-refractivity contribution is -0.139. The zero-order valence-corrected chi connectivity index (χ0v) is 10.5. The first-order chi connectivity index (χ1) is 8.60. The van der Waals surface area contributed by atoms with Gasteiger partial charge in [0.1, 0.15) is 6.04 Å². The lowest BCUT2D eigenvalue weighted by atomic mass is 10.1. The highest BCUT2D eigenvalue weighted by Gasteiger charge is 2.19. The first-order valence-corrected chi connectivity index (χ1v) is 5.70. The van der Waals surface area contributed by atoms with Crippen LogP contribution in [0.15, 0.2) is 24.3 Å². The van der Waals surface area contributed by atoms with E-state index < -0.39 is 17.9 Å². The maximum atomic E-state index is 12.0. The van der Waals surface area contributed by atoms with E-state index in [1.807, 2.05) is 0 Å². The second-order valence-corrected chi connectivity index (χ2v) is 3.86. The molecule has 2 N–H and O–H groups in total. The largest absolute Gasteiger partial charge is 0.480 e. The van der Waals surface area contributed by atoms with Crippen molar-refractivity contribution < 1.29 is 19.4 Å². The van der Waals surface area contributed by atoms with E-state index in [1.165, 1.54) is 0 Å². The lowest BCUT2D eigenvalue weighted by Gasteiger charge is -2.14.